The first kappa shape index (κ1) is 16.2. The van der Waals surface area contributed by atoms with E-state index in [-0.39, 0.29) is 17.8 Å². The smallest absolute Gasteiger partial charge is 0.252 e. The second-order valence-corrected chi connectivity index (χ2v) is 8.86. The van der Waals surface area contributed by atoms with Crippen molar-refractivity contribution < 1.29 is 8.42 Å². The van der Waals surface area contributed by atoms with Gasteiger partial charge in [-0.15, -0.1) is 23.7 Å². The highest BCUT2D eigenvalue weighted by atomic mass is 35.5. The van der Waals surface area contributed by atoms with Crippen LogP contribution in [0.25, 0.3) is 0 Å². The van der Waals surface area contributed by atoms with Crippen molar-refractivity contribution in [2.45, 2.75) is 30.4 Å². The molecule has 0 atom stereocenters. The van der Waals surface area contributed by atoms with E-state index < -0.39 is 10.0 Å². The first-order valence-electron chi connectivity index (χ1n) is 6.78. The summed E-state index contributed by atoms with van der Waals surface area (Å²) in [5, 5.41) is 5.26. The lowest BCUT2D eigenvalue weighted by Gasteiger charge is -2.33. The van der Waals surface area contributed by atoms with Gasteiger partial charge in [0, 0.05) is 13.1 Å². The average Bonchev–Trinajstić information content (AvgIpc) is 2.98. The van der Waals surface area contributed by atoms with E-state index in [9.17, 15) is 8.42 Å². The van der Waals surface area contributed by atoms with E-state index in [1.807, 2.05) is 12.3 Å². The van der Waals surface area contributed by atoms with E-state index >= 15 is 0 Å². The number of nitrogens with one attached hydrogen (secondary N) is 1. The van der Waals surface area contributed by atoms with Crippen molar-refractivity contribution >= 4 is 33.8 Å². The molecule has 3 heterocycles. The van der Waals surface area contributed by atoms with Gasteiger partial charge in [0.25, 0.3) is 10.0 Å². The Kier molecular flexibility index (Phi) is 4.81. The first-order valence-corrected chi connectivity index (χ1v) is 9.10. The molecule has 2 aliphatic heterocycles. The maximum atomic E-state index is 12.6. The zero-order valence-corrected chi connectivity index (χ0v) is 14.0. The van der Waals surface area contributed by atoms with Crippen LogP contribution in [0.3, 0.4) is 0 Å². The molecule has 114 valence electrons. The lowest BCUT2D eigenvalue weighted by atomic mass is 9.78. The molecule has 0 aromatic carbocycles. The highest BCUT2D eigenvalue weighted by Gasteiger charge is 2.43. The molecule has 0 bridgehead atoms. The fourth-order valence-electron chi connectivity index (χ4n) is 3.13. The second kappa shape index (κ2) is 5.93. The molecule has 1 spiro atoms. The van der Waals surface area contributed by atoms with Crippen LogP contribution in [0, 0.1) is 12.3 Å². The molecule has 4 nitrogen and oxygen atoms in total. The third-order valence-corrected chi connectivity index (χ3v) is 7.75. The van der Waals surface area contributed by atoms with Crippen LogP contribution in [-0.4, -0.2) is 38.9 Å². The fourth-order valence-corrected chi connectivity index (χ4v) is 6.07. The number of halogens is 1. The van der Waals surface area contributed by atoms with Crippen LogP contribution in [0.5, 0.6) is 0 Å². The Bertz CT molecular complexity index is 565. The van der Waals surface area contributed by atoms with Gasteiger partial charge in [-0.1, -0.05) is 0 Å². The zero-order valence-electron chi connectivity index (χ0n) is 11.6. The van der Waals surface area contributed by atoms with Gasteiger partial charge in [-0.2, -0.15) is 4.31 Å². The zero-order chi connectivity index (χ0) is 13.5. The number of hydrogen-bond donors (Lipinski definition) is 1. The molecule has 1 N–H and O–H groups in total. The van der Waals surface area contributed by atoms with Gasteiger partial charge in [-0.3, -0.25) is 0 Å². The molecule has 1 aromatic heterocycles. The van der Waals surface area contributed by atoms with Crippen LogP contribution in [0.1, 0.15) is 24.8 Å². The van der Waals surface area contributed by atoms with E-state index in [2.05, 4.69) is 5.32 Å². The van der Waals surface area contributed by atoms with E-state index in [1.54, 1.807) is 10.4 Å². The minimum atomic E-state index is -3.26. The van der Waals surface area contributed by atoms with Crippen molar-refractivity contribution in [3.8, 4) is 0 Å². The van der Waals surface area contributed by atoms with Crippen molar-refractivity contribution in [3.63, 3.8) is 0 Å². The van der Waals surface area contributed by atoms with Crippen molar-refractivity contribution in [1.82, 2.24) is 9.62 Å². The quantitative estimate of drug-likeness (QED) is 0.901. The summed E-state index contributed by atoms with van der Waals surface area (Å²) in [6.45, 7) is 5.36. The van der Waals surface area contributed by atoms with E-state index in [0.29, 0.717) is 17.3 Å². The van der Waals surface area contributed by atoms with Gasteiger partial charge < -0.3 is 5.32 Å². The normalized spacial score (nSPS) is 22.9. The lowest BCUT2D eigenvalue weighted by molar-refractivity contribution is 0.218. The van der Waals surface area contributed by atoms with Crippen LogP contribution in [0.2, 0.25) is 0 Å². The number of thiophene rings is 1. The van der Waals surface area contributed by atoms with Crippen LogP contribution >= 0.6 is 23.7 Å². The summed E-state index contributed by atoms with van der Waals surface area (Å²) in [5.74, 6) is 0. The van der Waals surface area contributed by atoms with Crippen molar-refractivity contribution in [1.29, 1.82) is 0 Å². The van der Waals surface area contributed by atoms with Crippen molar-refractivity contribution in [2.24, 2.45) is 5.41 Å². The number of nitrogens with zero attached hydrogens (tertiary/aromatic N) is 1. The monoisotopic (exact) mass is 336 g/mol. The van der Waals surface area contributed by atoms with Gasteiger partial charge in [-0.05, 0) is 61.7 Å². The SMILES string of the molecule is Cc1csc(S(=O)(=O)N2CCC3(CCNCC3)C2)c1.Cl. The Morgan fingerprint density at radius 1 is 1.30 bits per heavy atom. The number of sulfonamides is 1. The van der Waals surface area contributed by atoms with Gasteiger partial charge in [0.2, 0.25) is 0 Å². The Morgan fingerprint density at radius 2 is 2.00 bits per heavy atom. The number of piperidine rings is 1. The minimum Gasteiger partial charge on any atom is -0.317 e. The van der Waals surface area contributed by atoms with Crippen LogP contribution < -0.4 is 5.32 Å². The highest BCUT2D eigenvalue weighted by Crippen LogP contribution is 2.41. The molecule has 2 fully saturated rings. The Morgan fingerprint density at radius 3 is 2.60 bits per heavy atom. The summed E-state index contributed by atoms with van der Waals surface area (Å²) in [4.78, 5) is 0. The average molecular weight is 337 g/mol. The number of hydrogen-bond acceptors (Lipinski definition) is 4. The third-order valence-electron chi connectivity index (χ3n) is 4.37. The maximum Gasteiger partial charge on any atom is 0.252 e. The van der Waals surface area contributed by atoms with E-state index in [4.69, 9.17) is 0 Å². The topological polar surface area (TPSA) is 49.4 Å². The number of aryl methyl sites for hydroxylation is 1. The number of rotatable bonds is 2. The van der Waals surface area contributed by atoms with Crippen LogP contribution in [0.4, 0.5) is 0 Å². The predicted molar refractivity (Wildman–Crippen MR) is 84.2 cm³/mol. The van der Waals surface area contributed by atoms with Crippen molar-refractivity contribution in [2.75, 3.05) is 26.2 Å². The summed E-state index contributed by atoms with van der Waals surface area (Å²) < 4.78 is 27.4. The molecule has 1 aromatic rings. The van der Waals surface area contributed by atoms with Gasteiger partial charge in [0.05, 0.1) is 0 Å². The van der Waals surface area contributed by atoms with Crippen molar-refractivity contribution in [3.05, 3.63) is 17.0 Å². The standard InChI is InChI=1S/C13H20N2O2S2.ClH/c1-11-8-12(18-9-11)19(16,17)15-7-4-13(10-15)2-5-14-6-3-13;/h8-9,14H,2-7,10H2,1H3;1H. The molecule has 0 unspecified atom stereocenters. The molecule has 0 amide bonds. The second-order valence-electron chi connectivity index (χ2n) is 5.78. The van der Waals surface area contributed by atoms with Gasteiger partial charge in [0.15, 0.2) is 0 Å². The molecular weight excluding hydrogens is 316 g/mol. The Labute approximate surface area is 131 Å². The lowest BCUT2D eigenvalue weighted by Crippen LogP contribution is -2.39. The predicted octanol–water partition coefficient (Wildman–Crippen LogP) is 2.24. The summed E-state index contributed by atoms with van der Waals surface area (Å²) in [6.07, 6.45) is 3.21. The largest absolute Gasteiger partial charge is 0.317 e. The Balaban J connectivity index is 0.00000147. The molecule has 2 saturated heterocycles. The fraction of sp³-hybridized carbons (Fsp3) is 0.692. The van der Waals surface area contributed by atoms with E-state index in [0.717, 1.165) is 37.9 Å². The molecule has 0 radical (unpaired) electrons. The van der Waals surface area contributed by atoms with Gasteiger partial charge >= 0.3 is 0 Å². The van der Waals surface area contributed by atoms with Gasteiger partial charge in [0.1, 0.15) is 4.21 Å². The van der Waals surface area contributed by atoms with Crippen LogP contribution in [0.15, 0.2) is 15.7 Å². The molecular formula is C13H21ClN2O2S2. The summed E-state index contributed by atoms with van der Waals surface area (Å²) in [5.41, 5.74) is 1.25. The minimum absolute atomic E-state index is 0. The molecule has 3 rings (SSSR count). The van der Waals surface area contributed by atoms with Gasteiger partial charge in [-0.25, -0.2) is 8.42 Å². The molecule has 20 heavy (non-hydrogen) atoms. The molecule has 2 aliphatic rings. The third kappa shape index (κ3) is 2.90. The summed E-state index contributed by atoms with van der Waals surface area (Å²) in [7, 11) is -3.26. The Hall–Kier alpha value is -0.140. The molecule has 0 aliphatic carbocycles. The molecule has 0 saturated carbocycles. The summed E-state index contributed by atoms with van der Waals surface area (Å²) in [6, 6.07) is 1.79. The van der Waals surface area contributed by atoms with E-state index in [1.165, 1.54) is 11.3 Å². The maximum absolute atomic E-state index is 12.6. The van der Waals surface area contributed by atoms with Crippen LogP contribution in [-0.2, 0) is 10.0 Å². The summed E-state index contributed by atoms with van der Waals surface area (Å²) >= 11 is 1.34. The first-order chi connectivity index (χ1) is 9.02. The molecule has 7 heteroatoms. The highest BCUT2D eigenvalue weighted by molar-refractivity contribution is 7.91.